The lowest BCUT2D eigenvalue weighted by molar-refractivity contribution is 0.0764. The quantitative estimate of drug-likeness (QED) is 0.695. The van der Waals surface area contributed by atoms with E-state index in [9.17, 15) is 4.79 Å². The molecule has 0 aliphatic carbocycles. The first-order valence-corrected chi connectivity index (χ1v) is 8.21. The van der Waals surface area contributed by atoms with Gasteiger partial charge in [-0.25, -0.2) is 4.68 Å². The molecule has 6 heteroatoms. The van der Waals surface area contributed by atoms with E-state index in [0.29, 0.717) is 35.3 Å². The van der Waals surface area contributed by atoms with Gasteiger partial charge in [0.1, 0.15) is 11.4 Å². The van der Waals surface area contributed by atoms with Crippen molar-refractivity contribution in [2.75, 3.05) is 13.1 Å². The predicted octanol–water partition coefficient (Wildman–Crippen LogP) is 4.27. The summed E-state index contributed by atoms with van der Waals surface area (Å²) in [6.07, 6.45) is 1.59. The number of hydrogen-bond acceptors (Lipinski definition) is 3. The summed E-state index contributed by atoms with van der Waals surface area (Å²) in [7, 11) is 0. The number of aromatic nitrogens is 2. The van der Waals surface area contributed by atoms with Crippen molar-refractivity contribution < 1.29 is 9.21 Å². The number of carbonyl (C=O) groups excluding carboxylic acids is 1. The van der Waals surface area contributed by atoms with Crippen molar-refractivity contribution in [3.8, 4) is 17.1 Å². The number of furan rings is 1. The van der Waals surface area contributed by atoms with Crippen LogP contribution in [0, 0.1) is 0 Å². The number of hydrogen-bond donors (Lipinski definition) is 0. The zero-order chi connectivity index (χ0) is 17.1. The molecule has 2 aromatic heterocycles. The highest BCUT2D eigenvalue weighted by atomic mass is 35.5. The summed E-state index contributed by atoms with van der Waals surface area (Å²) < 4.78 is 7.05. The maximum atomic E-state index is 12.9. The van der Waals surface area contributed by atoms with Crippen molar-refractivity contribution in [2.45, 2.75) is 13.8 Å². The lowest BCUT2D eigenvalue weighted by Gasteiger charge is -2.19. The van der Waals surface area contributed by atoms with Crippen LogP contribution in [0.2, 0.25) is 5.02 Å². The molecule has 124 valence electrons. The number of amides is 1. The highest BCUT2D eigenvalue weighted by molar-refractivity contribution is 6.30. The van der Waals surface area contributed by atoms with Crippen LogP contribution in [0.5, 0.6) is 0 Å². The molecule has 0 spiro atoms. The SMILES string of the molecule is CCN(CC)C(=O)c1cc(-c2ccco2)nn1-c1ccc(Cl)cc1. The molecule has 2 heterocycles. The van der Waals surface area contributed by atoms with Gasteiger partial charge in [-0.2, -0.15) is 5.10 Å². The molecule has 0 aliphatic rings. The van der Waals surface area contributed by atoms with Crippen molar-refractivity contribution in [3.63, 3.8) is 0 Å². The van der Waals surface area contributed by atoms with E-state index in [1.807, 2.05) is 32.0 Å². The largest absolute Gasteiger partial charge is 0.463 e. The molecule has 0 N–H and O–H groups in total. The molecule has 0 aliphatic heterocycles. The van der Waals surface area contributed by atoms with Crippen LogP contribution < -0.4 is 0 Å². The van der Waals surface area contributed by atoms with Crippen LogP contribution >= 0.6 is 11.6 Å². The van der Waals surface area contributed by atoms with Gasteiger partial charge < -0.3 is 9.32 Å². The fraction of sp³-hybridized carbons (Fsp3) is 0.222. The lowest BCUT2D eigenvalue weighted by atomic mass is 10.2. The van der Waals surface area contributed by atoms with Gasteiger partial charge in [0, 0.05) is 24.2 Å². The zero-order valence-corrected chi connectivity index (χ0v) is 14.3. The molecule has 24 heavy (non-hydrogen) atoms. The Morgan fingerprint density at radius 1 is 1.21 bits per heavy atom. The van der Waals surface area contributed by atoms with Gasteiger partial charge in [0.15, 0.2) is 5.76 Å². The lowest BCUT2D eigenvalue weighted by Crippen LogP contribution is -2.32. The van der Waals surface area contributed by atoms with Gasteiger partial charge in [-0.15, -0.1) is 0 Å². The van der Waals surface area contributed by atoms with Crippen molar-refractivity contribution in [1.29, 1.82) is 0 Å². The van der Waals surface area contributed by atoms with Gasteiger partial charge in [0.05, 0.1) is 12.0 Å². The summed E-state index contributed by atoms with van der Waals surface area (Å²) in [5, 5.41) is 5.19. The van der Waals surface area contributed by atoms with Crippen molar-refractivity contribution in [3.05, 3.63) is 59.4 Å². The van der Waals surface area contributed by atoms with Crippen LogP contribution in [0.3, 0.4) is 0 Å². The summed E-state index contributed by atoms with van der Waals surface area (Å²) >= 11 is 5.96. The summed E-state index contributed by atoms with van der Waals surface area (Å²) in [5.74, 6) is 0.552. The summed E-state index contributed by atoms with van der Waals surface area (Å²) in [6.45, 7) is 5.18. The average Bonchev–Trinajstić information content (AvgIpc) is 3.26. The third-order valence-electron chi connectivity index (χ3n) is 3.82. The second-order valence-corrected chi connectivity index (χ2v) is 5.69. The van der Waals surface area contributed by atoms with E-state index in [2.05, 4.69) is 5.10 Å². The molecular weight excluding hydrogens is 326 g/mol. The highest BCUT2D eigenvalue weighted by Gasteiger charge is 2.22. The monoisotopic (exact) mass is 343 g/mol. The zero-order valence-electron chi connectivity index (χ0n) is 13.6. The van der Waals surface area contributed by atoms with Gasteiger partial charge in [-0.05, 0) is 50.2 Å². The van der Waals surface area contributed by atoms with Gasteiger partial charge in [-0.3, -0.25) is 4.79 Å². The van der Waals surface area contributed by atoms with Crippen LogP contribution in [0.4, 0.5) is 0 Å². The smallest absolute Gasteiger partial charge is 0.272 e. The third-order valence-corrected chi connectivity index (χ3v) is 4.08. The first-order chi connectivity index (χ1) is 11.6. The Morgan fingerprint density at radius 3 is 2.50 bits per heavy atom. The van der Waals surface area contributed by atoms with Crippen LogP contribution in [0.25, 0.3) is 17.1 Å². The predicted molar refractivity (Wildman–Crippen MR) is 93.5 cm³/mol. The first-order valence-electron chi connectivity index (χ1n) is 7.83. The van der Waals surface area contributed by atoms with Gasteiger partial charge in [-0.1, -0.05) is 11.6 Å². The van der Waals surface area contributed by atoms with E-state index in [-0.39, 0.29) is 5.91 Å². The minimum absolute atomic E-state index is 0.0692. The molecule has 5 nitrogen and oxygen atoms in total. The summed E-state index contributed by atoms with van der Waals surface area (Å²) in [5.41, 5.74) is 1.88. The van der Waals surface area contributed by atoms with Crippen LogP contribution in [0.1, 0.15) is 24.3 Å². The Bertz CT molecular complexity index is 819. The van der Waals surface area contributed by atoms with Crippen molar-refractivity contribution in [1.82, 2.24) is 14.7 Å². The van der Waals surface area contributed by atoms with Gasteiger partial charge >= 0.3 is 0 Å². The maximum absolute atomic E-state index is 12.9. The molecule has 0 unspecified atom stereocenters. The molecule has 1 aromatic carbocycles. The van der Waals surface area contributed by atoms with Crippen molar-refractivity contribution in [2.24, 2.45) is 0 Å². The molecule has 0 saturated heterocycles. The molecule has 3 aromatic rings. The molecule has 0 bridgehead atoms. The second-order valence-electron chi connectivity index (χ2n) is 5.26. The maximum Gasteiger partial charge on any atom is 0.272 e. The third kappa shape index (κ3) is 3.08. The number of benzene rings is 1. The normalized spacial score (nSPS) is 10.8. The number of nitrogens with zero attached hydrogens (tertiary/aromatic N) is 3. The fourth-order valence-electron chi connectivity index (χ4n) is 2.53. The highest BCUT2D eigenvalue weighted by Crippen LogP contribution is 2.24. The molecular formula is C18H18ClN3O2. The van der Waals surface area contributed by atoms with E-state index < -0.39 is 0 Å². The minimum atomic E-state index is -0.0692. The van der Waals surface area contributed by atoms with E-state index in [4.69, 9.17) is 16.0 Å². The summed E-state index contributed by atoms with van der Waals surface area (Å²) in [4.78, 5) is 14.6. The molecule has 0 fully saturated rings. The molecule has 0 saturated carbocycles. The number of rotatable bonds is 5. The van der Waals surface area contributed by atoms with Gasteiger partial charge in [0.25, 0.3) is 5.91 Å². The number of halogens is 1. The van der Waals surface area contributed by atoms with Crippen LogP contribution in [0.15, 0.2) is 53.1 Å². The Balaban J connectivity index is 2.11. The topological polar surface area (TPSA) is 51.3 Å². The first kappa shape index (κ1) is 16.3. The van der Waals surface area contributed by atoms with Crippen LogP contribution in [-0.2, 0) is 0 Å². The number of carbonyl (C=O) groups is 1. The molecule has 1 amide bonds. The Morgan fingerprint density at radius 2 is 1.92 bits per heavy atom. The molecule has 3 rings (SSSR count). The minimum Gasteiger partial charge on any atom is -0.463 e. The van der Waals surface area contributed by atoms with E-state index >= 15 is 0 Å². The fourth-order valence-corrected chi connectivity index (χ4v) is 2.66. The second kappa shape index (κ2) is 6.93. The van der Waals surface area contributed by atoms with Gasteiger partial charge in [0.2, 0.25) is 0 Å². The van der Waals surface area contributed by atoms with Crippen molar-refractivity contribution >= 4 is 17.5 Å². The molecule has 0 radical (unpaired) electrons. The standard InChI is InChI=1S/C18H18ClN3O2/c1-3-21(4-2)18(23)16-12-15(17-6-5-11-24-17)20-22(16)14-9-7-13(19)8-10-14/h5-12H,3-4H2,1-2H3. The Labute approximate surface area is 145 Å². The Kier molecular flexibility index (Phi) is 4.71. The van der Waals surface area contributed by atoms with Crippen LogP contribution in [-0.4, -0.2) is 33.7 Å². The van der Waals surface area contributed by atoms with E-state index in [1.165, 1.54) is 0 Å². The van der Waals surface area contributed by atoms with E-state index in [1.54, 1.807) is 40.1 Å². The molecule has 0 atom stereocenters. The average molecular weight is 344 g/mol. The summed E-state index contributed by atoms with van der Waals surface area (Å²) in [6, 6.07) is 12.6. The Hall–Kier alpha value is -2.53. The van der Waals surface area contributed by atoms with E-state index in [0.717, 1.165) is 5.69 Å².